The van der Waals surface area contributed by atoms with Crippen LogP contribution < -0.4 is 10.6 Å². The molecule has 2 atom stereocenters. The quantitative estimate of drug-likeness (QED) is 0.186. The number of hydrogen-bond donors (Lipinski definition) is 6. The van der Waals surface area contributed by atoms with E-state index < -0.39 is 30.6 Å². The number of hydrogen-bond acceptors (Lipinski definition) is 6. The van der Waals surface area contributed by atoms with Crippen molar-refractivity contribution in [1.82, 2.24) is 10.3 Å². The molecule has 1 aromatic heterocycles. The maximum Gasteiger partial charge on any atom is 0.319 e. The minimum atomic E-state index is -1.19. The highest BCUT2D eigenvalue weighted by Gasteiger charge is 2.26. The number of aromatic nitrogens is 1. The van der Waals surface area contributed by atoms with Crippen LogP contribution in [0.25, 0.3) is 28.5 Å². The smallest absolute Gasteiger partial charge is 0.319 e. The van der Waals surface area contributed by atoms with Crippen LogP contribution in [0.15, 0.2) is 48.5 Å². The Kier molecular flexibility index (Phi) is 10.6. The second-order valence-electron chi connectivity index (χ2n) is 11.0. The zero-order chi connectivity index (χ0) is 31.1. The molecule has 43 heavy (non-hydrogen) atoms. The minimum absolute atomic E-state index is 0.0262. The zero-order valence-electron chi connectivity index (χ0n) is 24.3. The Morgan fingerprint density at radius 2 is 1.84 bits per heavy atom. The van der Waals surface area contributed by atoms with Crippen molar-refractivity contribution in [3.63, 3.8) is 0 Å². The number of nitrogens with zero attached hydrogens (tertiary/aromatic N) is 1. The van der Waals surface area contributed by atoms with Crippen LogP contribution in [0.5, 0.6) is 0 Å². The number of carboxylic acid groups (broad SMARTS) is 1. The third-order valence-corrected chi connectivity index (χ3v) is 7.34. The molecule has 6 N–H and O–H groups in total. The summed E-state index contributed by atoms with van der Waals surface area (Å²) in [4.78, 5) is 28.3. The molecule has 0 saturated carbocycles. The molecule has 3 aromatic rings. The third kappa shape index (κ3) is 8.04. The molecule has 10 heteroatoms. The largest absolute Gasteiger partial charge is 0.481 e. The summed E-state index contributed by atoms with van der Waals surface area (Å²) in [5.41, 5.74) is 7.59. The molecular weight excluding hydrogens is 553 g/mol. The van der Waals surface area contributed by atoms with Crippen LogP contribution in [0.2, 0.25) is 0 Å². The molecule has 9 nitrogen and oxygen atoms in total. The molecular formula is C33H38FN3O6. The Morgan fingerprint density at radius 1 is 1.09 bits per heavy atom. The topological polar surface area (TPSA) is 152 Å². The maximum atomic E-state index is 14.0. The summed E-state index contributed by atoms with van der Waals surface area (Å²) in [6.07, 6.45) is 2.65. The summed E-state index contributed by atoms with van der Waals surface area (Å²) < 4.78 is 14.0. The van der Waals surface area contributed by atoms with E-state index in [1.807, 2.05) is 32.0 Å². The Labute approximate surface area is 250 Å². The lowest BCUT2D eigenvalue weighted by Crippen LogP contribution is -2.30. The molecule has 228 valence electrons. The van der Waals surface area contributed by atoms with Gasteiger partial charge in [0.05, 0.1) is 36.6 Å². The van der Waals surface area contributed by atoms with Crippen molar-refractivity contribution in [2.75, 3.05) is 18.5 Å². The van der Waals surface area contributed by atoms with E-state index >= 15 is 0 Å². The van der Waals surface area contributed by atoms with Gasteiger partial charge >= 0.3 is 12.0 Å². The average Bonchev–Trinajstić information content (AvgIpc) is 3.13. The molecule has 0 radical (unpaired) electrons. The average molecular weight is 592 g/mol. The van der Waals surface area contributed by atoms with Gasteiger partial charge in [0.25, 0.3) is 0 Å². The van der Waals surface area contributed by atoms with Crippen molar-refractivity contribution >= 4 is 23.8 Å². The number of halogens is 1. The number of carboxylic acids is 1. The summed E-state index contributed by atoms with van der Waals surface area (Å²) in [6.45, 7) is 4.03. The van der Waals surface area contributed by atoms with Crippen molar-refractivity contribution in [3.8, 4) is 22.4 Å². The fourth-order valence-electron chi connectivity index (χ4n) is 5.44. The number of aliphatic hydroxyl groups excluding tert-OH is 3. The Morgan fingerprint density at radius 3 is 2.51 bits per heavy atom. The fraction of sp³-hybridized carbons (Fsp3) is 0.364. The first-order valence-electron chi connectivity index (χ1n) is 14.4. The third-order valence-electron chi connectivity index (χ3n) is 7.34. The van der Waals surface area contributed by atoms with Crippen molar-refractivity contribution in [2.45, 2.75) is 64.1 Å². The predicted molar refractivity (Wildman–Crippen MR) is 163 cm³/mol. The number of aryl methyl sites for hydroxylation is 1. The van der Waals surface area contributed by atoms with Crippen LogP contribution in [0.3, 0.4) is 0 Å². The highest BCUT2D eigenvalue weighted by molar-refractivity contribution is 5.91. The van der Waals surface area contributed by atoms with Crippen LogP contribution in [0, 0.1) is 5.82 Å². The van der Waals surface area contributed by atoms with Crippen molar-refractivity contribution in [3.05, 3.63) is 76.7 Å². The molecule has 0 saturated heterocycles. The number of anilines is 1. The van der Waals surface area contributed by atoms with E-state index in [-0.39, 0.29) is 31.3 Å². The van der Waals surface area contributed by atoms with E-state index in [9.17, 15) is 24.2 Å². The van der Waals surface area contributed by atoms with Crippen molar-refractivity contribution in [1.29, 1.82) is 0 Å². The lowest BCUT2D eigenvalue weighted by molar-refractivity contribution is -0.139. The minimum Gasteiger partial charge on any atom is -0.481 e. The summed E-state index contributed by atoms with van der Waals surface area (Å²) in [6, 6.07) is 11.5. The van der Waals surface area contributed by atoms with Gasteiger partial charge in [0.15, 0.2) is 0 Å². The number of fused-ring (bicyclic) bond motifs is 3. The van der Waals surface area contributed by atoms with Gasteiger partial charge in [0, 0.05) is 29.8 Å². The van der Waals surface area contributed by atoms with Crippen LogP contribution >= 0.6 is 0 Å². The number of carbonyl (C=O) groups excluding carboxylic acids is 1. The van der Waals surface area contributed by atoms with E-state index in [1.54, 1.807) is 18.2 Å². The molecule has 0 fully saturated rings. The first-order valence-corrected chi connectivity index (χ1v) is 14.4. The van der Waals surface area contributed by atoms with Gasteiger partial charge in [0.2, 0.25) is 0 Å². The fourth-order valence-corrected chi connectivity index (χ4v) is 5.44. The van der Waals surface area contributed by atoms with E-state index in [0.29, 0.717) is 12.1 Å². The summed E-state index contributed by atoms with van der Waals surface area (Å²) in [7, 11) is 0. The van der Waals surface area contributed by atoms with Crippen LogP contribution in [-0.2, 0) is 17.6 Å². The van der Waals surface area contributed by atoms with E-state index in [4.69, 9.17) is 15.2 Å². The number of pyridine rings is 1. The summed E-state index contributed by atoms with van der Waals surface area (Å²) in [5.74, 6) is -1.53. The van der Waals surface area contributed by atoms with E-state index in [2.05, 4.69) is 10.6 Å². The van der Waals surface area contributed by atoms with Gasteiger partial charge in [-0.15, -0.1) is 0 Å². The van der Waals surface area contributed by atoms with Gasteiger partial charge in [-0.3, -0.25) is 9.78 Å². The van der Waals surface area contributed by atoms with Gasteiger partial charge in [-0.25, -0.2) is 9.18 Å². The highest BCUT2D eigenvalue weighted by Crippen LogP contribution is 2.42. The number of rotatable bonds is 11. The molecule has 1 aliphatic rings. The van der Waals surface area contributed by atoms with Gasteiger partial charge in [-0.05, 0) is 71.7 Å². The van der Waals surface area contributed by atoms with Gasteiger partial charge in [0.1, 0.15) is 5.82 Å². The predicted octanol–water partition coefficient (Wildman–Crippen LogP) is 4.88. The van der Waals surface area contributed by atoms with Crippen LogP contribution in [0.1, 0.15) is 61.4 Å². The van der Waals surface area contributed by atoms with Crippen LogP contribution in [0.4, 0.5) is 14.9 Å². The lowest BCUT2D eigenvalue weighted by atomic mass is 9.86. The lowest BCUT2D eigenvalue weighted by Gasteiger charge is -2.22. The van der Waals surface area contributed by atoms with Gasteiger partial charge < -0.3 is 31.1 Å². The van der Waals surface area contributed by atoms with E-state index in [0.717, 1.165) is 57.6 Å². The SMILES string of the molecule is CC(C)c1nc2c(c(-c3ccc(F)cc3)c1C=C[C@@H](O)C[C@@H](O)CC(=O)O)CCCc1cc(NC(=O)NCCO)ccc1-2. The molecule has 4 rings (SSSR count). The van der Waals surface area contributed by atoms with Gasteiger partial charge in [-0.2, -0.15) is 0 Å². The standard InChI is InChI=1S/C33H38FN3O6/c1-19(2)31-28(13-11-24(39)17-25(40)18-29(41)42)30(20-6-8-22(34)9-7-20)27-5-3-4-21-16-23(36-33(43)35-14-15-38)10-12-26(21)32(27)37-31/h6-13,16,19,24-25,38-40H,3-5,14-15,17-18H2,1-2H3,(H,41,42)(H2,35,36,43)/t24-,25-/m1/s1. The van der Waals surface area contributed by atoms with Gasteiger partial charge in [-0.1, -0.05) is 44.2 Å². The number of urea groups is 1. The second-order valence-corrected chi connectivity index (χ2v) is 11.0. The van der Waals surface area contributed by atoms with E-state index in [1.165, 1.54) is 18.2 Å². The number of aliphatic carboxylic acids is 1. The number of amides is 2. The normalized spacial score (nSPS) is 14.1. The molecule has 2 aromatic carbocycles. The van der Waals surface area contributed by atoms with Crippen LogP contribution in [-0.4, -0.2) is 62.8 Å². The monoisotopic (exact) mass is 591 g/mol. The Balaban J connectivity index is 1.84. The summed E-state index contributed by atoms with van der Waals surface area (Å²) >= 11 is 0. The molecule has 1 heterocycles. The molecule has 0 spiro atoms. The van der Waals surface area contributed by atoms with Crippen molar-refractivity contribution < 1.29 is 34.4 Å². The number of benzene rings is 2. The number of aliphatic hydroxyl groups is 3. The molecule has 0 aliphatic heterocycles. The Bertz CT molecular complexity index is 1490. The number of carbonyl (C=O) groups is 2. The molecule has 0 bridgehead atoms. The molecule has 2 amide bonds. The Hall–Kier alpha value is -4.12. The zero-order valence-corrected chi connectivity index (χ0v) is 24.3. The first kappa shape index (κ1) is 31.8. The molecule has 1 aliphatic carbocycles. The van der Waals surface area contributed by atoms with Crippen molar-refractivity contribution in [2.24, 2.45) is 0 Å². The summed E-state index contributed by atoms with van der Waals surface area (Å²) in [5, 5.41) is 43.9. The highest BCUT2D eigenvalue weighted by atomic mass is 19.1. The maximum absolute atomic E-state index is 14.0. The number of nitrogens with one attached hydrogen (secondary N) is 2. The first-order chi connectivity index (χ1) is 20.6. The second kappa shape index (κ2) is 14.4. The molecule has 0 unspecified atom stereocenters.